The number of nitrogens with one attached hydrogen (secondary N) is 3. The van der Waals surface area contributed by atoms with Crippen LogP contribution in [0.5, 0.6) is 0 Å². The third kappa shape index (κ3) is 3.18. The fourth-order valence-corrected chi connectivity index (χ4v) is 5.39. The van der Waals surface area contributed by atoms with Crippen LogP contribution in [0, 0.1) is 0 Å². The van der Waals surface area contributed by atoms with Gasteiger partial charge in [0.2, 0.25) is 5.91 Å². The molecule has 0 saturated carbocycles. The molecule has 2 fully saturated rings. The summed E-state index contributed by atoms with van der Waals surface area (Å²) >= 11 is 0. The summed E-state index contributed by atoms with van der Waals surface area (Å²) in [6.07, 6.45) is 8.86. The van der Waals surface area contributed by atoms with E-state index in [1.54, 1.807) is 6.20 Å². The zero-order chi connectivity index (χ0) is 20.9. The van der Waals surface area contributed by atoms with Crippen LogP contribution in [0.25, 0.3) is 22.4 Å². The number of aromatic nitrogens is 4. The number of amides is 1. The lowest BCUT2D eigenvalue weighted by atomic mass is 9.96. The molecule has 3 atom stereocenters. The fourth-order valence-electron chi connectivity index (χ4n) is 5.39. The number of hydrogen-bond acceptors (Lipinski definition) is 6. The lowest BCUT2D eigenvalue weighted by Crippen LogP contribution is -2.47. The smallest absolute Gasteiger partial charge is 0.228 e. The second-order valence-corrected chi connectivity index (χ2v) is 8.88. The average molecular weight is 416 g/mol. The van der Waals surface area contributed by atoms with E-state index in [2.05, 4.69) is 43.0 Å². The molecule has 1 amide bonds. The third-order valence-corrected chi connectivity index (χ3v) is 7.01. The predicted octanol–water partition coefficient (Wildman–Crippen LogP) is 2.75. The number of aromatic amines is 1. The van der Waals surface area contributed by atoms with Gasteiger partial charge >= 0.3 is 0 Å². The molecule has 3 aromatic rings. The maximum absolute atomic E-state index is 12.2. The van der Waals surface area contributed by atoms with Gasteiger partial charge in [0, 0.05) is 42.5 Å². The van der Waals surface area contributed by atoms with Gasteiger partial charge in [-0.3, -0.25) is 9.89 Å². The minimum Gasteiger partial charge on any atom is -0.355 e. The molecular formula is C23H25N7O. The molecule has 8 nitrogen and oxygen atoms in total. The normalized spacial score (nSPS) is 24.2. The predicted molar refractivity (Wildman–Crippen MR) is 119 cm³/mol. The number of anilines is 2. The summed E-state index contributed by atoms with van der Waals surface area (Å²) in [4.78, 5) is 14.5. The Morgan fingerprint density at radius 1 is 1.03 bits per heavy atom. The number of fused-ring (bicyclic) bond motifs is 3. The summed E-state index contributed by atoms with van der Waals surface area (Å²) in [5, 5.41) is 22.7. The molecule has 2 aromatic heterocycles. The van der Waals surface area contributed by atoms with Crippen LogP contribution < -0.4 is 15.5 Å². The van der Waals surface area contributed by atoms with Gasteiger partial charge in [-0.1, -0.05) is 12.1 Å². The second kappa shape index (κ2) is 7.16. The van der Waals surface area contributed by atoms with Crippen LogP contribution in [0.15, 0.2) is 36.7 Å². The summed E-state index contributed by atoms with van der Waals surface area (Å²) in [5.74, 6) is 0.891. The van der Waals surface area contributed by atoms with Crippen molar-refractivity contribution in [3.05, 3.63) is 42.2 Å². The van der Waals surface area contributed by atoms with Gasteiger partial charge in [-0.2, -0.15) is 5.10 Å². The Kier molecular flexibility index (Phi) is 4.27. The molecule has 0 spiro atoms. The van der Waals surface area contributed by atoms with Crippen molar-refractivity contribution in [2.24, 2.45) is 0 Å². The van der Waals surface area contributed by atoms with Crippen LogP contribution in [-0.2, 0) is 11.2 Å². The topological polar surface area (TPSA) is 98.8 Å². The second-order valence-electron chi connectivity index (χ2n) is 8.88. The lowest BCUT2D eigenvalue weighted by molar-refractivity contribution is -0.115. The van der Waals surface area contributed by atoms with E-state index in [0.717, 1.165) is 52.3 Å². The third-order valence-electron chi connectivity index (χ3n) is 7.01. The summed E-state index contributed by atoms with van der Waals surface area (Å²) in [5.41, 5.74) is 5.45. The van der Waals surface area contributed by atoms with E-state index in [1.807, 2.05) is 30.5 Å². The maximum atomic E-state index is 12.2. The highest BCUT2D eigenvalue weighted by Crippen LogP contribution is 2.40. The molecule has 158 valence electrons. The van der Waals surface area contributed by atoms with Gasteiger partial charge in [0.25, 0.3) is 0 Å². The molecule has 1 aromatic carbocycles. The van der Waals surface area contributed by atoms with Crippen LogP contribution in [-0.4, -0.2) is 51.5 Å². The minimum atomic E-state index is -0.00274. The molecular weight excluding hydrogens is 390 g/mol. The monoisotopic (exact) mass is 415 g/mol. The van der Waals surface area contributed by atoms with Gasteiger partial charge in [-0.25, -0.2) is 0 Å². The number of hydrogen-bond donors (Lipinski definition) is 3. The van der Waals surface area contributed by atoms with Crippen molar-refractivity contribution in [3.63, 3.8) is 0 Å². The highest BCUT2D eigenvalue weighted by atomic mass is 16.1. The number of nitrogens with zero attached hydrogens (tertiary/aromatic N) is 4. The molecule has 2 saturated heterocycles. The molecule has 0 radical (unpaired) electrons. The van der Waals surface area contributed by atoms with Crippen LogP contribution in [0.4, 0.5) is 11.5 Å². The highest BCUT2D eigenvalue weighted by Gasteiger charge is 2.35. The quantitative estimate of drug-likeness (QED) is 0.606. The van der Waals surface area contributed by atoms with E-state index in [1.165, 1.54) is 12.8 Å². The fraction of sp³-hybridized carbons (Fsp3) is 0.391. The number of carbonyl (C=O) groups excluding carboxylic acids is 1. The Balaban J connectivity index is 1.30. The van der Waals surface area contributed by atoms with Crippen molar-refractivity contribution < 1.29 is 4.79 Å². The van der Waals surface area contributed by atoms with Gasteiger partial charge < -0.3 is 15.5 Å². The summed E-state index contributed by atoms with van der Waals surface area (Å²) in [7, 11) is 2.12. The van der Waals surface area contributed by atoms with E-state index >= 15 is 0 Å². The Hall–Kier alpha value is -3.26. The first-order chi connectivity index (χ1) is 15.2. The molecule has 0 aliphatic carbocycles. The minimum absolute atomic E-state index is 0.00274. The number of rotatable bonds is 4. The molecule has 5 heterocycles. The molecule has 6 rings (SSSR count). The maximum Gasteiger partial charge on any atom is 0.228 e. The van der Waals surface area contributed by atoms with E-state index < -0.39 is 0 Å². The Morgan fingerprint density at radius 3 is 2.55 bits per heavy atom. The van der Waals surface area contributed by atoms with Crippen LogP contribution in [0.1, 0.15) is 31.2 Å². The summed E-state index contributed by atoms with van der Waals surface area (Å²) in [6, 6.07) is 9.86. The van der Waals surface area contributed by atoms with Crippen molar-refractivity contribution in [2.45, 2.75) is 50.2 Å². The Labute approximate surface area is 180 Å². The van der Waals surface area contributed by atoms with E-state index in [4.69, 9.17) is 0 Å². The van der Waals surface area contributed by atoms with Gasteiger partial charge in [0.1, 0.15) is 0 Å². The first kappa shape index (κ1) is 18.5. The number of piperidine rings is 1. The van der Waals surface area contributed by atoms with E-state index in [-0.39, 0.29) is 5.91 Å². The molecule has 3 N–H and O–H groups in total. The lowest BCUT2D eigenvalue weighted by Gasteiger charge is -2.36. The largest absolute Gasteiger partial charge is 0.355 e. The molecule has 3 aliphatic heterocycles. The van der Waals surface area contributed by atoms with Crippen LogP contribution >= 0.6 is 0 Å². The highest BCUT2D eigenvalue weighted by molar-refractivity contribution is 6.06. The summed E-state index contributed by atoms with van der Waals surface area (Å²) < 4.78 is 0. The van der Waals surface area contributed by atoms with Crippen molar-refractivity contribution in [2.75, 3.05) is 17.3 Å². The number of carbonyl (C=O) groups is 1. The van der Waals surface area contributed by atoms with Crippen molar-refractivity contribution in [1.82, 2.24) is 25.7 Å². The first-order valence-electron chi connectivity index (χ1n) is 10.9. The average Bonchev–Trinajstić information content (AvgIpc) is 3.52. The zero-order valence-corrected chi connectivity index (χ0v) is 17.4. The molecule has 2 bridgehead atoms. The van der Waals surface area contributed by atoms with E-state index in [9.17, 15) is 4.79 Å². The van der Waals surface area contributed by atoms with E-state index in [0.29, 0.717) is 24.5 Å². The Bertz CT molecular complexity index is 1110. The molecule has 3 aliphatic rings. The summed E-state index contributed by atoms with van der Waals surface area (Å²) in [6.45, 7) is 0. The van der Waals surface area contributed by atoms with Gasteiger partial charge in [0.05, 0.1) is 24.0 Å². The number of H-pyrrole nitrogens is 1. The van der Waals surface area contributed by atoms with Crippen LogP contribution in [0.2, 0.25) is 0 Å². The first-order valence-corrected chi connectivity index (χ1v) is 10.9. The van der Waals surface area contributed by atoms with Gasteiger partial charge in [-0.15, -0.1) is 10.2 Å². The van der Waals surface area contributed by atoms with Gasteiger partial charge in [0.15, 0.2) is 5.82 Å². The van der Waals surface area contributed by atoms with Crippen molar-refractivity contribution >= 4 is 17.4 Å². The standard InChI is InChI=1S/C23H25N7O/c1-30(16-8-14-2-3-15(9-16)26-14)21-7-6-20(28-29-21)18-5-4-17(13-11-24-25-12-13)19-10-22(31)27-23(18)19/h4-7,11-12,14-16,26H,2-3,8-10H2,1H3,(H,24,25)(H,27,31)/t14-,15+,16?. The zero-order valence-electron chi connectivity index (χ0n) is 17.4. The SMILES string of the molecule is CN(c1ccc(-c2ccc(-c3cn[nH]c3)c3c2NC(=O)C3)nn1)C1C[C@H]2CC[C@@H](C1)N2. The van der Waals surface area contributed by atoms with Crippen molar-refractivity contribution in [3.8, 4) is 22.4 Å². The molecule has 31 heavy (non-hydrogen) atoms. The molecule has 8 heteroatoms. The van der Waals surface area contributed by atoms with Crippen LogP contribution in [0.3, 0.4) is 0 Å². The Morgan fingerprint density at radius 2 is 1.84 bits per heavy atom. The van der Waals surface area contributed by atoms with Crippen molar-refractivity contribution in [1.29, 1.82) is 0 Å². The van der Waals surface area contributed by atoms with Gasteiger partial charge in [-0.05, 0) is 48.9 Å². The number of benzene rings is 1. The molecule has 1 unspecified atom stereocenters.